The summed E-state index contributed by atoms with van der Waals surface area (Å²) in [5.74, 6) is 0.619. The number of carbonyl (C=O) groups excluding carboxylic acids is 1. The quantitative estimate of drug-likeness (QED) is 0.616. The van der Waals surface area contributed by atoms with E-state index in [4.69, 9.17) is 0 Å². The van der Waals surface area contributed by atoms with Crippen LogP contribution in [0.5, 0.6) is 0 Å². The van der Waals surface area contributed by atoms with Gasteiger partial charge in [-0.2, -0.15) is 0 Å². The first-order valence-corrected chi connectivity index (χ1v) is 4.19. The minimum Gasteiger partial charge on any atom is -0.348 e. The molecule has 0 N–H and O–H groups in total. The molecule has 66 valence electrons. The number of hydrogen-bond acceptors (Lipinski definition) is 1. The lowest BCUT2D eigenvalue weighted by Gasteiger charge is -1.97. The summed E-state index contributed by atoms with van der Waals surface area (Å²) >= 11 is 0. The van der Waals surface area contributed by atoms with Crippen LogP contribution in [0.3, 0.4) is 0 Å². The van der Waals surface area contributed by atoms with Crippen LogP contribution in [0, 0.1) is 0 Å². The van der Waals surface area contributed by atoms with E-state index in [1.165, 1.54) is 5.56 Å². The predicted molar refractivity (Wildman–Crippen MR) is 49.5 cm³/mol. The molecule has 12 heavy (non-hydrogen) atoms. The minimum absolute atomic E-state index is 0.129. The van der Waals surface area contributed by atoms with E-state index in [2.05, 4.69) is 13.8 Å². The third kappa shape index (κ3) is 1.58. The average Bonchev–Trinajstić information content (AvgIpc) is 2.30. The summed E-state index contributed by atoms with van der Waals surface area (Å²) in [5.41, 5.74) is 2.02. The largest absolute Gasteiger partial charge is 0.348 e. The van der Waals surface area contributed by atoms with Gasteiger partial charge in [0.25, 0.3) is 0 Å². The van der Waals surface area contributed by atoms with Crippen molar-refractivity contribution < 1.29 is 4.79 Å². The molecule has 0 saturated carbocycles. The molecule has 0 aromatic carbocycles. The van der Waals surface area contributed by atoms with Gasteiger partial charge in [-0.05, 0) is 17.5 Å². The van der Waals surface area contributed by atoms with Gasteiger partial charge in [-0.1, -0.05) is 13.8 Å². The number of Topliss-reactive ketones (excluding diaryl/α,β-unsaturated/α-hetero) is 1. The summed E-state index contributed by atoms with van der Waals surface area (Å²) in [7, 11) is 1.91. The third-order valence-electron chi connectivity index (χ3n) is 2.05. The number of nitrogens with zero attached hydrogens (tertiary/aromatic N) is 1. The normalized spacial score (nSPS) is 10.8. The van der Waals surface area contributed by atoms with Crippen LogP contribution in [0.25, 0.3) is 0 Å². The van der Waals surface area contributed by atoms with Crippen molar-refractivity contribution in [3.63, 3.8) is 0 Å². The Morgan fingerprint density at radius 2 is 2.08 bits per heavy atom. The predicted octanol–water partition coefficient (Wildman–Crippen LogP) is 2.35. The lowest BCUT2D eigenvalue weighted by atomic mass is 10.1. The van der Waals surface area contributed by atoms with Gasteiger partial charge in [-0.25, -0.2) is 0 Å². The maximum Gasteiger partial charge on any atom is 0.176 e. The number of hydrogen-bond donors (Lipinski definition) is 0. The first-order valence-electron chi connectivity index (χ1n) is 4.19. The second-order valence-corrected chi connectivity index (χ2v) is 3.48. The van der Waals surface area contributed by atoms with Gasteiger partial charge >= 0.3 is 0 Å². The highest BCUT2D eigenvalue weighted by molar-refractivity contribution is 5.92. The summed E-state index contributed by atoms with van der Waals surface area (Å²) in [6, 6.07) is 1.97. The zero-order valence-corrected chi connectivity index (χ0v) is 8.09. The fraction of sp³-hybridized carbons (Fsp3) is 0.500. The summed E-state index contributed by atoms with van der Waals surface area (Å²) in [6.45, 7) is 5.85. The molecule has 1 aromatic rings. The first-order chi connectivity index (χ1) is 5.52. The molecule has 2 nitrogen and oxygen atoms in total. The number of carbonyl (C=O) groups is 1. The standard InChI is InChI=1S/C10H15NO/c1-7(2)9-5-10(8(3)12)11(4)6-9/h5-7H,1-4H3. The van der Waals surface area contributed by atoms with Crippen molar-refractivity contribution in [3.8, 4) is 0 Å². The molecule has 0 aliphatic carbocycles. The number of ketones is 1. The van der Waals surface area contributed by atoms with Crippen LogP contribution in [0.1, 0.15) is 42.7 Å². The summed E-state index contributed by atoms with van der Waals surface area (Å²) < 4.78 is 1.89. The van der Waals surface area contributed by atoms with Gasteiger partial charge in [0.05, 0.1) is 5.69 Å². The average molecular weight is 165 g/mol. The highest BCUT2D eigenvalue weighted by atomic mass is 16.1. The Labute approximate surface area is 73.2 Å². The van der Waals surface area contributed by atoms with E-state index in [0.717, 1.165) is 5.69 Å². The van der Waals surface area contributed by atoms with Crippen molar-refractivity contribution in [2.24, 2.45) is 7.05 Å². The molecule has 0 radical (unpaired) electrons. The molecule has 1 aromatic heterocycles. The molecular weight excluding hydrogens is 150 g/mol. The van der Waals surface area contributed by atoms with Gasteiger partial charge < -0.3 is 4.57 Å². The van der Waals surface area contributed by atoms with Crippen LogP contribution in [0.4, 0.5) is 0 Å². The van der Waals surface area contributed by atoms with Gasteiger partial charge in [-0.15, -0.1) is 0 Å². The lowest BCUT2D eigenvalue weighted by molar-refractivity contribution is 0.101. The van der Waals surface area contributed by atoms with Crippen LogP contribution in [-0.4, -0.2) is 10.4 Å². The minimum atomic E-state index is 0.129. The van der Waals surface area contributed by atoms with E-state index < -0.39 is 0 Å². The number of rotatable bonds is 2. The SMILES string of the molecule is CC(=O)c1cc(C(C)C)cn1C. The molecule has 0 amide bonds. The maximum atomic E-state index is 11.1. The zero-order valence-electron chi connectivity index (χ0n) is 8.09. The molecule has 0 unspecified atom stereocenters. The monoisotopic (exact) mass is 165 g/mol. The molecule has 0 saturated heterocycles. The second-order valence-electron chi connectivity index (χ2n) is 3.48. The van der Waals surface area contributed by atoms with Crippen LogP contribution < -0.4 is 0 Å². The van der Waals surface area contributed by atoms with Gasteiger partial charge in [0, 0.05) is 20.2 Å². The molecule has 0 atom stereocenters. The smallest absolute Gasteiger partial charge is 0.176 e. The van der Waals surface area contributed by atoms with Gasteiger partial charge in [0.2, 0.25) is 0 Å². The third-order valence-corrected chi connectivity index (χ3v) is 2.05. The summed E-state index contributed by atoms with van der Waals surface area (Å²) in [6.07, 6.45) is 2.02. The van der Waals surface area contributed by atoms with Gasteiger partial charge in [0.15, 0.2) is 5.78 Å². The molecule has 0 aliphatic rings. The van der Waals surface area contributed by atoms with Crippen molar-refractivity contribution in [2.45, 2.75) is 26.7 Å². The zero-order chi connectivity index (χ0) is 9.30. The van der Waals surface area contributed by atoms with Crippen LogP contribution >= 0.6 is 0 Å². The number of aryl methyl sites for hydroxylation is 1. The van der Waals surface area contributed by atoms with Crippen molar-refractivity contribution in [1.82, 2.24) is 4.57 Å². The fourth-order valence-corrected chi connectivity index (χ4v) is 1.26. The molecule has 1 rings (SSSR count). The Bertz CT molecular complexity index is 297. The Balaban J connectivity index is 3.09. The Kier molecular flexibility index (Phi) is 2.36. The fourth-order valence-electron chi connectivity index (χ4n) is 1.26. The van der Waals surface area contributed by atoms with Crippen molar-refractivity contribution in [3.05, 3.63) is 23.5 Å². The molecule has 0 fully saturated rings. The van der Waals surface area contributed by atoms with E-state index >= 15 is 0 Å². The van der Waals surface area contributed by atoms with E-state index in [1.54, 1.807) is 6.92 Å². The topological polar surface area (TPSA) is 22.0 Å². The van der Waals surface area contributed by atoms with Gasteiger partial charge in [0.1, 0.15) is 0 Å². The maximum absolute atomic E-state index is 11.1. The lowest BCUT2D eigenvalue weighted by Crippen LogP contribution is -1.99. The van der Waals surface area contributed by atoms with Crippen LogP contribution in [0.15, 0.2) is 12.3 Å². The van der Waals surface area contributed by atoms with Crippen molar-refractivity contribution in [1.29, 1.82) is 0 Å². The Morgan fingerprint density at radius 1 is 1.50 bits per heavy atom. The second kappa shape index (κ2) is 3.13. The van der Waals surface area contributed by atoms with E-state index in [-0.39, 0.29) is 5.78 Å². The summed E-state index contributed by atoms with van der Waals surface area (Å²) in [4.78, 5) is 11.1. The van der Waals surface area contributed by atoms with E-state index in [9.17, 15) is 4.79 Å². The van der Waals surface area contributed by atoms with Crippen LogP contribution in [0.2, 0.25) is 0 Å². The van der Waals surface area contributed by atoms with E-state index in [1.807, 2.05) is 23.9 Å². The molecular formula is C10H15NO. The Hall–Kier alpha value is -1.05. The molecule has 0 bridgehead atoms. The molecule has 2 heteroatoms. The highest BCUT2D eigenvalue weighted by Gasteiger charge is 2.08. The summed E-state index contributed by atoms with van der Waals surface area (Å²) in [5, 5.41) is 0. The Morgan fingerprint density at radius 3 is 2.33 bits per heavy atom. The molecule has 1 heterocycles. The van der Waals surface area contributed by atoms with Crippen molar-refractivity contribution in [2.75, 3.05) is 0 Å². The first kappa shape index (κ1) is 9.04. The van der Waals surface area contributed by atoms with E-state index in [0.29, 0.717) is 5.92 Å². The van der Waals surface area contributed by atoms with Crippen LogP contribution in [-0.2, 0) is 7.05 Å². The molecule has 0 aliphatic heterocycles. The van der Waals surface area contributed by atoms with Gasteiger partial charge in [-0.3, -0.25) is 4.79 Å². The van der Waals surface area contributed by atoms with Crippen molar-refractivity contribution >= 4 is 5.78 Å². The highest BCUT2D eigenvalue weighted by Crippen LogP contribution is 2.17. The molecule has 0 spiro atoms. The number of aromatic nitrogens is 1.